The number of amides is 4. The van der Waals surface area contributed by atoms with Crippen molar-refractivity contribution >= 4 is 42.2 Å². The van der Waals surface area contributed by atoms with Crippen LogP contribution in [0.4, 0.5) is 0 Å². The predicted molar refractivity (Wildman–Crippen MR) is 107 cm³/mol. The molecule has 0 saturated heterocycles. The molecule has 30 heavy (non-hydrogen) atoms. The number of aromatic amines is 1. The van der Waals surface area contributed by atoms with E-state index in [4.69, 9.17) is 11.5 Å². The van der Waals surface area contributed by atoms with Gasteiger partial charge in [-0.1, -0.05) is 0 Å². The van der Waals surface area contributed by atoms with Crippen LogP contribution in [0.5, 0.6) is 0 Å². The number of aromatic nitrogens is 2. The van der Waals surface area contributed by atoms with Crippen molar-refractivity contribution in [2.75, 3.05) is 12.3 Å². The van der Waals surface area contributed by atoms with Gasteiger partial charge in [-0.15, -0.1) is 0 Å². The fraction of sp³-hybridized carbons (Fsp3) is 0.500. The molecule has 1 rings (SSSR count). The van der Waals surface area contributed by atoms with E-state index in [1.54, 1.807) is 0 Å². The second-order valence-electron chi connectivity index (χ2n) is 6.31. The lowest BCUT2D eigenvalue weighted by Gasteiger charge is -2.21. The first-order valence-corrected chi connectivity index (χ1v) is 9.49. The Morgan fingerprint density at radius 3 is 2.40 bits per heavy atom. The molecule has 0 spiro atoms. The normalized spacial score (nSPS) is 13.5. The zero-order valence-electron chi connectivity index (χ0n) is 16.0. The van der Waals surface area contributed by atoms with Crippen molar-refractivity contribution in [2.24, 2.45) is 11.5 Å². The zero-order valence-corrected chi connectivity index (χ0v) is 16.9. The van der Waals surface area contributed by atoms with E-state index in [1.165, 1.54) is 12.5 Å². The van der Waals surface area contributed by atoms with Crippen molar-refractivity contribution in [3.63, 3.8) is 0 Å². The summed E-state index contributed by atoms with van der Waals surface area (Å²) in [5.74, 6) is -4.07. The molecule has 1 aromatic heterocycles. The van der Waals surface area contributed by atoms with Crippen molar-refractivity contribution in [3.05, 3.63) is 18.2 Å². The van der Waals surface area contributed by atoms with Crippen LogP contribution in [0.3, 0.4) is 0 Å². The lowest BCUT2D eigenvalue weighted by molar-refractivity contribution is -0.142. The highest BCUT2D eigenvalue weighted by Crippen LogP contribution is 2.03. The smallest absolute Gasteiger partial charge is 0.326 e. The topological polar surface area (TPSA) is 222 Å². The lowest BCUT2D eigenvalue weighted by Crippen LogP contribution is -2.54. The summed E-state index contributed by atoms with van der Waals surface area (Å²) in [7, 11) is 0. The maximum atomic E-state index is 12.6. The molecule has 9 N–H and O–H groups in total. The van der Waals surface area contributed by atoms with Crippen LogP contribution in [0.1, 0.15) is 18.5 Å². The molecule has 0 aliphatic carbocycles. The van der Waals surface area contributed by atoms with Crippen molar-refractivity contribution in [1.82, 2.24) is 25.9 Å². The van der Waals surface area contributed by atoms with Crippen LogP contribution in [0.15, 0.2) is 12.5 Å². The van der Waals surface area contributed by atoms with Crippen LogP contribution < -0.4 is 27.4 Å². The Bertz CT molecular complexity index is 757. The summed E-state index contributed by atoms with van der Waals surface area (Å²) >= 11 is 3.88. The number of nitrogens with zero attached hydrogens (tertiary/aromatic N) is 1. The number of rotatable bonds is 13. The molecule has 0 radical (unpaired) electrons. The molecule has 1 aromatic rings. The molecular formula is C16H25N7O6S. The largest absolute Gasteiger partial charge is 0.480 e. The number of imidazole rings is 1. The summed E-state index contributed by atoms with van der Waals surface area (Å²) in [5.41, 5.74) is 11.0. The highest BCUT2D eigenvalue weighted by molar-refractivity contribution is 7.80. The average molecular weight is 443 g/mol. The van der Waals surface area contributed by atoms with Crippen LogP contribution >= 0.6 is 12.6 Å². The molecule has 0 aliphatic rings. The molecule has 0 bridgehead atoms. The van der Waals surface area contributed by atoms with Crippen LogP contribution in [0, 0.1) is 0 Å². The molecule has 0 saturated carbocycles. The Morgan fingerprint density at radius 2 is 1.87 bits per heavy atom. The third-order valence-electron chi connectivity index (χ3n) is 3.88. The number of primary amides is 1. The zero-order chi connectivity index (χ0) is 22.7. The SMILES string of the molecule is NC(=O)CCC(NC(=O)C(Cc1cnc[nH]1)NC(=O)CNC(=O)C(N)CS)C(=O)O. The number of H-pyrrole nitrogens is 1. The Hall–Kier alpha value is -3.13. The van der Waals surface area contributed by atoms with E-state index in [2.05, 4.69) is 38.5 Å². The number of nitrogens with two attached hydrogens (primary N) is 2. The van der Waals surface area contributed by atoms with Gasteiger partial charge >= 0.3 is 5.97 Å². The van der Waals surface area contributed by atoms with E-state index in [1.807, 2.05) is 0 Å². The summed E-state index contributed by atoms with van der Waals surface area (Å²) in [6.45, 7) is -0.447. The minimum absolute atomic E-state index is 0.0240. The summed E-state index contributed by atoms with van der Waals surface area (Å²) in [6.07, 6.45) is 2.33. The maximum absolute atomic E-state index is 12.6. The molecule has 166 valence electrons. The first-order chi connectivity index (χ1) is 14.1. The van der Waals surface area contributed by atoms with Gasteiger partial charge in [0.05, 0.1) is 18.9 Å². The Morgan fingerprint density at radius 1 is 1.17 bits per heavy atom. The Balaban J connectivity index is 2.79. The van der Waals surface area contributed by atoms with Gasteiger partial charge in [0.15, 0.2) is 0 Å². The van der Waals surface area contributed by atoms with Gasteiger partial charge in [-0.25, -0.2) is 9.78 Å². The van der Waals surface area contributed by atoms with Gasteiger partial charge in [-0.3, -0.25) is 19.2 Å². The summed E-state index contributed by atoms with van der Waals surface area (Å²) in [5, 5.41) is 16.2. The molecule has 1 heterocycles. The third-order valence-corrected chi connectivity index (χ3v) is 4.27. The van der Waals surface area contributed by atoms with Crippen LogP contribution in [-0.2, 0) is 30.4 Å². The van der Waals surface area contributed by atoms with Gasteiger partial charge in [0.1, 0.15) is 12.1 Å². The van der Waals surface area contributed by atoms with E-state index in [-0.39, 0.29) is 25.0 Å². The molecule has 14 heteroatoms. The fourth-order valence-corrected chi connectivity index (χ4v) is 2.43. The monoisotopic (exact) mass is 443 g/mol. The van der Waals surface area contributed by atoms with Crippen LogP contribution in [-0.4, -0.2) is 75.1 Å². The van der Waals surface area contributed by atoms with E-state index in [9.17, 15) is 29.1 Å². The molecule has 0 aliphatic heterocycles. The van der Waals surface area contributed by atoms with Crippen molar-refractivity contribution in [2.45, 2.75) is 37.4 Å². The molecule has 3 atom stereocenters. The highest BCUT2D eigenvalue weighted by Gasteiger charge is 2.27. The molecule has 13 nitrogen and oxygen atoms in total. The van der Waals surface area contributed by atoms with Gasteiger partial charge in [-0.2, -0.15) is 12.6 Å². The van der Waals surface area contributed by atoms with Crippen LogP contribution in [0.25, 0.3) is 0 Å². The number of carboxylic acids is 1. The predicted octanol–water partition coefficient (Wildman–Crippen LogP) is -3.35. The second kappa shape index (κ2) is 12.4. The summed E-state index contributed by atoms with van der Waals surface area (Å²) in [6, 6.07) is -3.45. The number of thiol groups is 1. The molecule has 0 fully saturated rings. The maximum Gasteiger partial charge on any atom is 0.326 e. The first-order valence-electron chi connectivity index (χ1n) is 8.86. The number of hydrogen-bond donors (Lipinski definition) is 8. The lowest BCUT2D eigenvalue weighted by atomic mass is 10.1. The quantitative estimate of drug-likeness (QED) is 0.143. The fourth-order valence-electron chi connectivity index (χ4n) is 2.27. The average Bonchev–Trinajstić information content (AvgIpc) is 3.20. The number of carbonyl (C=O) groups is 5. The van der Waals surface area contributed by atoms with Gasteiger partial charge in [0.2, 0.25) is 23.6 Å². The summed E-state index contributed by atoms with van der Waals surface area (Å²) in [4.78, 5) is 65.2. The van der Waals surface area contributed by atoms with Gasteiger partial charge in [0, 0.05) is 30.5 Å². The molecule has 0 aromatic carbocycles. The number of hydrogen-bond acceptors (Lipinski definition) is 8. The number of carboxylic acid groups (broad SMARTS) is 1. The van der Waals surface area contributed by atoms with E-state index < -0.39 is 54.3 Å². The minimum atomic E-state index is -1.38. The van der Waals surface area contributed by atoms with Gasteiger partial charge in [0.25, 0.3) is 0 Å². The van der Waals surface area contributed by atoms with Crippen molar-refractivity contribution < 1.29 is 29.1 Å². The van der Waals surface area contributed by atoms with Crippen LogP contribution in [0.2, 0.25) is 0 Å². The number of aliphatic carboxylic acids is 1. The third kappa shape index (κ3) is 8.91. The van der Waals surface area contributed by atoms with E-state index >= 15 is 0 Å². The van der Waals surface area contributed by atoms with Gasteiger partial charge in [-0.05, 0) is 6.42 Å². The van der Waals surface area contributed by atoms with E-state index in [0.29, 0.717) is 5.69 Å². The minimum Gasteiger partial charge on any atom is -0.480 e. The van der Waals surface area contributed by atoms with Gasteiger partial charge < -0.3 is 37.5 Å². The van der Waals surface area contributed by atoms with Crippen molar-refractivity contribution in [3.8, 4) is 0 Å². The van der Waals surface area contributed by atoms with Crippen molar-refractivity contribution in [1.29, 1.82) is 0 Å². The number of carbonyl (C=O) groups excluding carboxylic acids is 4. The molecule has 3 unspecified atom stereocenters. The standard InChI is InChI=1S/C16H25N7O6S/c17-9(6-30)14(26)20-5-13(25)22-11(3-8-4-19-7-21-8)15(27)23-10(16(28)29)1-2-12(18)24/h4,7,9-11,30H,1-3,5-6,17H2,(H2,18,24)(H,19,21)(H,20,26)(H,22,25)(H,23,27)(H,28,29). The Labute approximate surface area is 177 Å². The summed E-state index contributed by atoms with van der Waals surface area (Å²) < 4.78 is 0. The highest BCUT2D eigenvalue weighted by atomic mass is 32.1. The molecular weight excluding hydrogens is 418 g/mol. The molecule has 4 amide bonds. The van der Waals surface area contributed by atoms with E-state index in [0.717, 1.165) is 0 Å². The second-order valence-corrected chi connectivity index (χ2v) is 6.68. The first kappa shape index (κ1) is 24.9. The Kier molecular flexibility index (Phi) is 10.3. The number of nitrogens with one attached hydrogen (secondary N) is 4.